The number of allylic oxidation sites excluding steroid dienone is 1. The molecule has 0 saturated heterocycles. The van der Waals surface area contributed by atoms with Crippen molar-refractivity contribution in [1.29, 1.82) is 0 Å². The van der Waals surface area contributed by atoms with Crippen molar-refractivity contribution in [2.45, 2.75) is 6.92 Å². The van der Waals surface area contributed by atoms with Gasteiger partial charge in [-0.05, 0) is 30.7 Å². The van der Waals surface area contributed by atoms with Crippen LogP contribution >= 0.6 is 11.3 Å². The zero-order valence-electron chi connectivity index (χ0n) is 15.9. The molecule has 4 aromatic rings. The summed E-state index contributed by atoms with van der Waals surface area (Å²) < 4.78 is 1.24. The highest BCUT2D eigenvalue weighted by Gasteiger charge is 2.15. The number of rotatable bonds is 5. The Morgan fingerprint density at radius 2 is 1.87 bits per heavy atom. The SMILES string of the molecule is Cc1nc2scc(-c3ccccc3)c2c(=O)n1N=CC=Cc1ccccc1[N+](=O)[O-]. The van der Waals surface area contributed by atoms with E-state index in [1.807, 2.05) is 35.7 Å². The molecule has 0 spiro atoms. The van der Waals surface area contributed by atoms with Crippen molar-refractivity contribution in [3.05, 3.63) is 97.9 Å². The summed E-state index contributed by atoms with van der Waals surface area (Å²) in [6.45, 7) is 1.71. The quantitative estimate of drug-likeness (QED) is 0.263. The number of aromatic nitrogens is 2. The summed E-state index contributed by atoms with van der Waals surface area (Å²) >= 11 is 1.42. The Morgan fingerprint density at radius 3 is 2.63 bits per heavy atom. The Balaban J connectivity index is 1.71. The van der Waals surface area contributed by atoms with Crippen LogP contribution < -0.4 is 5.56 Å². The Hall–Kier alpha value is -3.91. The van der Waals surface area contributed by atoms with E-state index in [1.54, 1.807) is 37.3 Å². The molecule has 0 bridgehead atoms. The molecule has 0 fully saturated rings. The van der Waals surface area contributed by atoms with Gasteiger partial charge in [-0.3, -0.25) is 14.9 Å². The fraction of sp³-hybridized carbons (Fsp3) is 0.0455. The van der Waals surface area contributed by atoms with Crippen LogP contribution in [-0.2, 0) is 0 Å². The summed E-state index contributed by atoms with van der Waals surface area (Å²) in [4.78, 5) is 28.9. The van der Waals surface area contributed by atoms with E-state index >= 15 is 0 Å². The Bertz CT molecular complexity index is 1350. The minimum Gasteiger partial charge on any atom is -0.267 e. The first-order valence-electron chi connectivity index (χ1n) is 9.07. The zero-order chi connectivity index (χ0) is 21.1. The van der Waals surface area contributed by atoms with E-state index in [0.717, 1.165) is 11.1 Å². The van der Waals surface area contributed by atoms with E-state index < -0.39 is 4.92 Å². The normalized spacial score (nSPS) is 11.6. The summed E-state index contributed by atoms with van der Waals surface area (Å²) in [5.41, 5.74) is 1.97. The van der Waals surface area contributed by atoms with E-state index in [0.29, 0.717) is 21.6 Å². The van der Waals surface area contributed by atoms with E-state index in [2.05, 4.69) is 10.1 Å². The number of para-hydroxylation sites is 1. The van der Waals surface area contributed by atoms with Gasteiger partial charge in [0.2, 0.25) is 0 Å². The number of fused-ring (bicyclic) bond motifs is 1. The van der Waals surface area contributed by atoms with Gasteiger partial charge in [0.1, 0.15) is 10.7 Å². The lowest BCUT2D eigenvalue weighted by Gasteiger charge is -2.04. The molecule has 0 aliphatic carbocycles. The second-order valence-electron chi connectivity index (χ2n) is 6.41. The lowest BCUT2D eigenvalue weighted by Crippen LogP contribution is -2.20. The molecular formula is C22H16N4O3S. The molecule has 148 valence electrons. The monoisotopic (exact) mass is 416 g/mol. The zero-order valence-corrected chi connectivity index (χ0v) is 16.7. The first-order chi connectivity index (χ1) is 14.6. The van der Waals surface area contributed by atoms with Crippen LogP contribution in [0, 0.1) is 17.0 Å². The number of thiophene rings is 1. The third kappa shape index (κ3) is 3.68. The van der Waals surface area contributed by atoms with Crippen LogP contribution in [-0.4, -0.2) is 20.8 Å². The van der Waals surface area contributed by atoms with Crippen LogP contribution in [0.2, 0.25) is 0 Å². The minimum atomic E-state index is -0.439. The number of hydrogen-bond acceptors (Lipinski definition) is 6. The van der Waals surface area contributed by atoms with Gasteiger partial charge in [0.25, 0.3) is 11.2 Å². The van der Waals surface area contributed by atoms with Gasteiger partial charge in [-0.2, -0.15) is 9.78 Å². The molecular weight excluding hydrogens is 400 g/mol. The molecule has 0 N–H and O–H groups in total. The summed E-state index contributed by atoms with van der Waals surface area (Å²) in [5, 5.41) is 17.8. The lowest BCUT2D eigenvalue weighted by molar-refractivity contribution is -0.385. The maximum Gasteiger partial charge on any atom is 0.283 e. The van der Waals surface area contributed by atoms with Crippen LogP contribution in [0.4, 0.5) is 5.69 Å². The molecule has 0 radical (unpaired) electrons. The summed E-state index contributed by atoms with van der Waals surface area (Å²) in [7, 11) is 0. The Morgan fingerprint density at radius 1 is 1.13 bits per heavy atom. The molecule has 0 aliphatic heterocycles. The molecule has 2 aromatic carbocycles. The van der Waals surface area contributed by atoms with E-state index in [9.17, 15) is 14.9 Å². The number of aryl methyl sites for hydroxylation is 1. The predicted molar refractivity (Wildman–Crippen MR) is 120 cm³/mol. The number of hydrogen-bond donors (Lipinski definition) is 0. The lowest BCUT2D eigenvalue weighted by atomic mass is 10.1. The Labute approximate surface area is 175 Å². The van der Waals surface area contributed by atoms with Crippen molar-refractivity contribution in [3.8, 4) is 11.1 Å². The predicted octanol–water partition coefficient (Wildman–Crippen LogP) is 4.89. The molecule has 0 unspecified atom stereocenters. The van der Waals surface area contributed by atoms with Gasteiger partial charge >= 0.3 is 0 Å². The standard InChI is InChI=1S/C22H16N4O3S/c1-15-24-21-20(18(14-30-21)16-8-3-2-4-9-16)22(27)25(15)23-13-7-11-17-10-5-6-12-19(17)26(28)29/h2-14H,1H3. The third-order valence-corrected chi connectivity index (χ3v) is 5.38. The molecule has 0 atom stereocenters. The molecule has 2 heterocycles. The maximum atomic E-state index is 13.1. The largest absolute Gasteiger partial charge is 0.283 e. The topological polar surface area (TPSA) is 90.4 Å². The smallest absolute Gasteiger partial charge is 0.267 e. The summed E-state index contributed by atoms with van der Waals surface area (Å²) in [6, 6.07) is 16.1. The average Bonchev–Trinajstić information content (AvgIpc) is 3.17. The van der Waals surface area contributed by atoms with E-state index in [-0.39, 0.29) is 11.2 Å². The van der Waals surface area contributed by atoms with Crippen LogP contribution in [0.5, 0.6) is 0 Å². The number of benzene rings is 2. The minimum absolute atomic E-state index is 0.00404. The maximum absolute atomic E-state index is 13.1. The van der Waals surface area contributed by atoms with Crippen molar-refractivity contribution in [2.24, 2.45) is 5.10 Å². The van der Waals surface area contributed by atoms with Crippen LogP contribution in [0.1, 0.15) is 11.4 Å². The molecule has 0 aliphatic rings. The van der Waals surface area contributed by atoms with Crippen LogP contribution in [0.3, 0.4) is 0 Å². The van der Waals surface area contributed by atoms with Gasteiger partial charge in [0, 0.05) is 23.2 Å². The molecule has 0 amide bonds. The van der Waals surface area contributed by atoms with Crippen molar-refractivity contribution < 1.29 is 4.92 Å². The van der Waals surface area contributed by atoms with Crippen molar-refractivity contribution >= 4 is 39.5 Å². The van der Waals surface area contributed by atoms with Gasteiger partial charge in [-0.1, -0.05) is 42.5 Å². The number of nitrogens with zero attached hydrogens (tertiary/aromatic N) is 4. The first kappa shape index (κ1) is 19.4. The van der Waals surface area contributed by atoms with Gasteiger partial charge in [-0.15, -0.1) is 11.3 Å². The summed E-state index contributed by atoms with van der Waals surface area (Å²) in [6.07, 6.45) is 4.56. The van der Waals surface area contributed by atoms with Gasteiger partial charge in [0.05, 0.1) is 15.9 Å². The molecule has 30 heavy (non-hydrogen) atoms. The highest BCUT2D eigenvalue weighted by molar-refractivity contribution is 7.17. The van der Waals surface area contributed by atoms with Gasteiger partial charge in [0.15, 0.2) is 0 Å². The fourth-order valence-corrected chi connectivity index (χ4v) is 4.08. The first-order valence-corrected chi connectivity index (χ1v) is 9.95. The number of nitro groups is 1. The number of nitro benzene ring substituents is 1. The van der Waals surface area contributed by atoms with Crippen LogP contribution in [0.25, 0.3) is 27.4 Å². The van der Waals surface area contributed by atoms with Crippen molar-refractivity contribution in [2.75, 3.05) is 0 Å². The van der Waals surface area contributed by atoms with E-state index in [1.165, 1.54) is 28.3 Å². The van der Waals surface area contributed by atoms with Crippen LogP contribution in [0.15, 0.2) is 75.9 Å². The Kier molecular flexibility index (Phi) is 5.32. The molecule has 7 nitrogen and oxygen atoms in total. The third-order valence-electron chi connectivity index (χ3n) is 4.51. The van der Waals surface area contributed by atoms with Gasteiger partial charge in [-0.25, -0.2) is 4.98 Å². The molecule has 4 rings (SSSR count). The molecule has 2 aromatic heterocycles. The van der Waals surface area contributed by atoms with Crippen molar-refractivity contribution in [3.63, 3.8) is 0 Å². The molecule has 8 heteroatoms. The highest BCUT2D eigenvalue weighted by Crippen LogP contribution is 2.30. The van der Waals surface area contributed by atoms with Crippen molar-refractivity contribution in [1.82, 2.24) is 9.66 Å². The van der Waals surface area contributed by atoms with E-state index in [4.69, 9.17) is 0 Å². The highest BCUT2D eigenvalue weighted by atomic mass is 32.1. The fourth-order valence-electron chi connectivity index (χ4n) is 3.10. The molecule has 0 saturated carbocycles. The second-order valence-corrected chi connectivity index (χ2v) is 7.27. The summed E-state index contributed by atoms with van der Waals surface area (Å²) in [5.74, 6) is 0.462. The second kappa shape index (κ2) is 8.22. The van der Waals surface area contributed by atoms with Gasteiger partial charge < -0.3 is 0 Å². The average molecular weight is 416 g/mol.